The van der Waals surface area contributed by atoms with E-state index in [1.807, 2.05) is 0 Å². The van der Waals surface area contributed by atoms with Gasteiger partial charge in [-0.3, -0.25) is 9.59 Å². The summed E-state index contributed by atoms with van der Waals surface area (Å²) in [5, 5.41) is 11.9. The lowest BCUT2D eigenvalue weighted by Gasteiger charge is -2.41. The number of carbonyl (C=O) groups is 2. The topological polar surface area (TPSA) is 84.9 Å². The molecule has 0 aliphatic heterocycles. The van der Waals surface area contributed by atoms with Gasteiger partial charge in [-0.05, 0) is 43.9 Å². The molecule has 1 aromatic carbocycles. The Morgan fingerprint density at radius 1 is 1.29 bits per heavy atom. The summed E-state index contributed by atoms with van der Waals surface area (Å²) >= 11 is 0. The number of benzene rings is 1. The first-order valence-corrected chi connectivity index (χ1v) is 8.35. The number of methoxy groups -OCH3 is 1. The first-order chi connectivity index (χ1) is 11.5. The minimum Gasteiger partial charge on any atom is -0.493 e. The predicted octanol–water partition coefficient (Wildman–Crippen LogP) is 3.00. The van der Waals surface area contributed by atoms with Crippen LogP contribution in [0.15, 0.2) is 18.2 Å². The lowest BCUT2D eigenvalue weighted by Crippen LogP contribution is -2.54. The number of hydrogen-bond donors (Lipinski definition) is 2. The van der Waals surface area contributed by atoms with Gasteiger partial charge in [0.25, 0.3) is 5.91 Å². The van der Waals surface area contributed by atoms with Crippen LogP contribution in [0.25, 0.3) is 0 Å². The Balaban J connectivity index is 2.07. The van der Waals surface area contributed by atoms with Crippen LogP contribution >= 0.6 is 0 Å². The van der Waals surface area contributed by atoms with Crippen molar-refractivity contribution >= 4 is 11.9 Å². The molecule has 24 heavy (non-hydrogen) atoms. The third-order valence-electron chi connectivity index (χ3n) is 4.36. The number of hydrogen-bond acceptors (Lipinski definition) is 4. The van der Waals surface area contributed by atoms with Crippen LogP contribution in [-0.4, -0.2) is 36.2 Å². The number of carbonyl (C=O) groups excluding carboxylic acids is 1. The molecular formula is C18H25NO5. The van der Waals surface area contributed by atoms with Crippen LogP contribution in [-0.2, 0) is 4.79 Å². The van der Waals surface area contributed by atoms with Gasteiger partial charge in [-0.2, -0.15) is 0 Å². The summed E-state index contributed by atoms with van der Waals surface area (Å²) in [7, 11) is 1.53. The SMILES string of the molecule is CCCCOc1ccc(C(=O)NC2(CC(=O)O)CCC2)cc1OC. The summed E-state index contributed by atoms with van der Waals surface area (Å²) in [4.78, 5) is 23.5. The molecule has 1 aromatic rings. The van der Waals surface area contributed by atoms with Gasteiger partial charge in [-0.1, -0.05) is 13.3 Å². The van der Waals surface area contributed by atoms with Crippen molar-refractivity contribution in [2.75, 3.05) is 13.7 Å². The minimum absolute atomic E-state index is 0.0475. The third kappa shape index (κ3) is 4.40. The minimum atomic E-state index is -0.896. The first kappa shape index (κ1) is 18.1. The van der Waals surface area contributed by atoms with Gasteiger partial charge in [0.05, 0.1) is 25.7 Å². The molecule has 0 radical (unpaired) electrons. The zero-order chi connectivity index (χ0) is 17.6. The van der Waals surface area contributed by atoms with Crippen molar-refractivity contribution in [3.05, 3.63) is 23.8 Å². The van der Waals surface area contributed by atoms with Gasteiger partial charge < -0.3 is 19.9 Å². The van der Waals surface area contributed by atoms with E-state index in [-0.39, 0.29) is 12.3 Å². The van der Waals surface area contributed by atoms with Crippen molar-refractivity contribution in [2.24, 2.45) is 0 Å². The van der Waals surface area contributed by atoms with Gasteiger partial charge in [0, 0.05) is 5.56 Å². The van der Waals surface area contributed by atoms with E-state index in [0.29, 0.717) is 36.5 Å². The molecule has 2 N–H and O–H groups in total. The maximum Gasteiger partial charge on any atom is 0.305 e. The van der Waals surface area contributed by atoms with E-state index in [1.165, 1.54) is 7.11 Å². The number of ether oxygens (including phenoxy) is 2. The molecule has 2 rings (SSSR count). The van der Waals surface area contributed by atoms with Crippen LogP contribution < -0.4 is 14.8 Å². The molecule has 1 saturated carbocycles. The molecule has 1 aliphatic rings. The Morgan fingerprint density at radius 2 is 2.04 bits per heavy atom. The fourth-order valence-corrected chi connectivity index (χ4v) is 2.81. The third-order valence-corrected chi connectivity index (χ3v) is 4.36. The Hall–Kier alpha value is -2.24. The highest BCUT2D eigenvalue weighted by Gasteiger charge is 2.40. The van der Waals surface area contributed by atoms with Crippen LogP contribution in [0.5, 0.6) is 11.5 Å². The number of nitrogens with one attached hydrogen (secondary N) is 1. The fraction of sp³-hybridized carbons (Fsp3) is 0.556. The summed E-state index contributed by atoms with van der Waals surface area (Å²) in [6.07, 6.45) is 4.26. The highest BCUT2D eigenvalue weighted by Crippen LogP contribution is 2.35. The van der Waals surface area contributed by atoms with Crippen LogP contribution in [0.3, 0.4) is 0 Å². The normalized spacial score (nSPS) is 15.2. The van der Waals surface area contributed by atoms with Crippen molar-refractivity contribution in [3.8, 4) is 11.5 Å². The summed E-state index contributed by atoms with van der Waals surface area (Å²) in [5.74, 6) is -0.0762. The quantitative estimate of drug-likeness (QED) is 0.678. The maximum atomic E-state index is 12.5. The van der Waals surface area contributed by atoms with E-state index < -0.39 is 11.5 Å². The van der Waals surface area contributed by atoms with Crippen molar-refractivity contribution in [1.29, 1.82) is 0 Å². The van der Waals surface area contributed by atoms with Gasteiger partial charge in [0.1, 0.15) is 0 Å². The van der Waals surface area contributed by atoms with Crippen LogP contribution in [0, 0.1) is 0 Å². The lowest BCUT2D eigenvalue weighted by molar-refractivity contribution is -0.139. The molecule has 0 heterocycles. The Bertz CT molecular complexity index is 595. The molecule has 0 aromatic heterocycles. The molecule has 0 unspecified atom stereocenters. The number of rotatable bonds is 9. The van der Waals surface area contributed by atoms with Crippen LogP contribution in [0.1, 0.15) is 55.8 Å². The average molecular weight is 335 g/mol. The van der Waals surface area contributed by atoms with E-state index >= 15 is 0 Å². The van der Waals surface area contributed by atoms with E-state index in [1.54, 1.807) is 18.2 Å². The van der Waals surface area contributed by atoms with Crippen molar-refractivity contribution in [1.82, 2.24) is 5.32 Å². The highest BCUT2D eigenvalue weighted by atomic mass is 16.5. The van der Waals surface area contributed by atoms with Gasteiger partial charge >= 0.3 is 5.97 Å². The molecule has 0 saturated heterocycles. The van der Waals surface area contributed by atoms with E-state index in [2.05, 4.69) is 12.2 Å². The molecular weight excluding hydrogens is 310 g/mol. The Morgan fingerprint density at radius 3 is 2.58 bits per heavy atom. The molecule has 0 bridgehead atoms. The number of carboxylic acid groups (broad SMARTS) is 1. The molecule has 0 spiro atoms. The van der Waals surface area contributed by atoms with Crippen molar-refractivity contribution in [2.45, 2.75) is 51.0 Å². The van der Waals surface area contributed by atoms with Gasteiger partial charge in [0.15, 0.2) is 11.5 Å². The molecule has 1 amide bonds. The lowest BCUT2D eigenvalue weighted by atomic mass is 9.74. The molecule has 0 atom stereocenters. The predicted molar refractivity (Wildman–Crippen MR) is 89.7 cm³/mol. The zero-order valence-corrected chi connectivity index (χ0v) is 14.3. The van der Waals surface area contributed by atoms with E-state index in [0.717, 1.165) is 19.3 Å². The molecule has 1 fully saturated rings. The maximum absolute atomic E-state index is 12.5. The van der Waals surface area contributed by atoms with E-state index in [4.69, 9.17) is 14.6 Å². The van der Waals surface area contributed by atoms with Gasteiger partial charge in [-0.25, -0.2) is 0 Å². The van der Waals surface area contributed by atoms with Crippen molar-refractivity contribution in [3.63, 3.8) is 0 Å². The summed E-state index contributed by atoms with van der Waals surface area (Å²) < 4.78 is 11.0. The smallest absolute Gasteiger partial charge is 0.305 e. The highest BCUT2D eigenvalue weighted by molar-refractivity contribution is 5.95. The van der Waals surface area contributed by atoms with Crippen LogP contribution in [0.2, 0.25) is 0 Å². The molecule has 6 nitrogen and oxygen atoms in total. The Labute approximate surface area is 142 Å². The van der Waals surface area contributed by atoms with Crippen molar-refractivity contribution < 1.29 is 24.2 Å². The number of unbranched alkanes of at least 4 members (excludes halogenated alkanes) is 1. The summed E-state index contributed by atoms with van der Waals surface area (Å²) in [5.41, 5.74) is -0.182. The summed E-state index contributed by atoms with van der Waals surface area (Å²) in [6, 6.07) is 5.02. The largest absolute Gasteiger partial charge is 0.493 e. The summed E-state index contributed by atoms with van der Waals surface area (Å²) in [6.45, 7) is 2.68. The monoisotopic (exact) mass is 335 g/mol. The first-order valence-electron chi connectivity index (χ1n) is 8.35. The fourth-order valence-electron chi connectivity index (χ4n) is 2.81. The van der Waals surface area contributed by atoms with Gasteiger partial charge in [0.2, 0.25) is 0 Å². The zero-order valence-electron chi connectivity index (χ0n) is 14.3. The second-order valence-electron chi connectivity index (χ2n) is 6.23. The Kier molecular flexibility index (Phi) is 6.06. The van der Waals surface area contributed by atoms with E-state index in [9.17, 15) is 9.59 Å². The molecule has 6 heteroatoms. The second-order valence-corrected chi connectivity index (χ2v) is 6.23. The number of aliphatic carboxylic acids is 1. The van der Waals surface area contributed by atoms with Crippen LogP contribution in [0.4, 0.5) is 0 Å². The standard InChI is InChI=1S/C18H25NO5/c1-3-4-10-24-14-7-6-13(11-15(14)23-2)17(22)19-18(8-5-9-18)12-16(20)21/h6-7,11H,3-5,8-10,12H2,1-2H3,(H,19,22)(H,20,21). The second kappa shape index (κ2) is 8.04. The molecule has 132 valence electrons. The number of amides is 1. The van der Waals surface area contributed by atoms with Gasteiger partial charge in [-0.15, -0.1) is 0 Å². The molecule has 1 aliphatic carbocycles. The number of carboxylic acids is 1. The average Bonchev–Trinajstić information content (AvgIpc) is 2.52.